The summed E-state index contributed by atoms with van der Waals surface area (Å²) in [7, 11) is 0. The van der Waals surface area contributed by atoms with E-state index in [0.29, 0.717) is 49.4 Å². The Morgan fingerprint density at radius 2 is 1.74 bits per heavy atom. The highest BCUT2D eigenvalue weighted by Crippen LogP contribution is 2.29. The number of carbonyl (C=O) groups is 6. The molecule has 2 saturated heterocycles. The van der Waals surface area contributed by atoms with Crippen LogP contribution in [0.2, 0.25) is 0 Å². The largest absolute Gasteiger partial charge is 0.361 e. The summed E-state index contributed by atoms with van der Waals surface area (Å²) >= 11 is 0. The summed E-state index contributed by atoms with van der Waals surface area (Å²) < 4.78 is 5.38. The average Bonchev–Trinajstić information content (AvgIpc) is 3.60. The lowest BCUT2D eigenvalue weighted by atomic mass is 9.93. The van der Waals surface area contributed by atoms with Crippen molar-refractivity contribution in [2.75, 3.05) is 25.0 Å². The number of Topliss-reactive ketones (excluding diaryl/α,β-unsaturated/α-hetero) is 1. The Kier molecular flexibility index (Phi) is 11.8. The van der Waals surface area contributed by atoms with Crippen molar-refractivity contribution in [3.8, 4) is 0 Å². The van der Waals surface area contributed by atoms with Crippen molar-refractivity contribution in [1.29, 1.82) is 0 Å². The van der Waals surface area contributed by atoms with Crippen molar-refractivity contribution < 1.29 is 33.5 Å². The van der Waals surface area contributed by atoms with Gasteiger partial charge in [0.15, 0.2) is 5.78 Å². The average molecular weight is 650 g/mol. The van der Waals surface area contributed by atoms with Gasteiger partial charge in [0.05, 0.1) is 25.4 Å². The van der Waals surface area contributed by atoms with Crippen LogP contribution in [0, 0.1) is 5.92 Å². The number of nitrogens with one attached hydrogen (secondary N) is 4. The maximum absolute atomic E-state index is 13.9. The van der Waals surface area contributed by atoms with Crippen LogP contribution < -0.4 is 21.3 Å². The number of rotatable bonds is 15. The van der Waals surface area contributed by atoms with Crippen LogP contribution in [0.4, 0.5) is 5.69 Å². The number of ketones is 1. The third kappa shape index (κ3) is 9.88. The van der Waals surface area contributed by atoms with Crippen LogP contribution in [0.25, 0.3) is 0 Å². The first-order valence-electron chi connectivity index (χ1n) is 15.9. The number of epoxide rings is 1. The number of hydrogen-bond donors (Lipinski definition) is 4. The molecule has 0 unspecified atom stereocenters. The smallest absolute Gasteiger partial charge is 0.275 e. The van der Waals surface area contributed by atoms with E-state index in [9.17, 15) is 28.8 Å². The van der Waals surface area contributed by atoms with Crippen molar-refractivity contribution in [3.05, 3.63) is 54.1 Å². The quantitative estimate of drug-likeness (QED) is 0.205. The molecule has 0 aliphatic carbocycles. The zero-order chi connectivity index (χ0) is 34.1. The Balaban J connectivity index is 1.51. The van der Waals surface area contributed by atoms with Crippen LogP contribution in [0.15, 0.2) is 42.9 Å². The van der Waals surface area contributed by atoms with E-state index in [1.54, 1.807) is 31.2 Å². The van der Waals surface area contributed by atoms with Gasteiger partial charge in [0.25, 0.3) is 5.91 Å². The van der Waals surface area contributed by atoms with Gasteiger partial charge in [0.1, 0.15) is 23.4 Å². The molecule has 0 bridgehead atoms. The van der Waals surface area contributed by atoms with Gasteiger partial charge in [-0.25, -0.2) is 4.98 Å². The van der Waals surface area contributed by atoms with E-state index >= 15 is 0 Å². The minimum atomic E-state index is -1.09. The summed E-state index contributed by atoms with van der Waals surface area (Å²) in [6.07, 6.45) is 6.40. The fourth-order valence-electron chi connectivity index (χ4n) is 5.35. The van der Waals surface area contributed by atoms with Crippen molar-refractivity contribution in [2.45, 2.75) is 83.5 Å². The van der Waals surface area contributed by atoms with E-state index < -0.39 is 47.4 Å². The first kappa shape index (κ1) is 35.1. The molecule has 252 valence electrons. The molecule has 1 aromatic carbocycles. The molecule has 4 N–H and O–H groups in total. The molecule has 0 spiro atoms. The van der Waals surface area contributed by atoms with Gasteiger partial charge in [-0.1, -0.05) is 26.0 Å². The number of amides is 5. The number of nitrogens with zero attached hydrogens (tertiary/aromatic N) is 3. The lowest BCUT2D eigenvalue weighted by molar-refractivity contribution is -0.139. The topological polar surface area (TPSA) is 192 Å². The molecular formula is C33H43N7O7. The first-order valence-corrected chi connectivity index (χ1v) is 15.9. The van der Waals surface area contributed by atoms with E-state index in [-0.39, 0.29) is 37.0 Å². The number of hydrogen-bond acceptors (Lipinski definition) is 9. The molecule has 4 atom stereocenters. The number of ether oxygens (including phenoxy) is 1. The third-order valence-corrected chi connectivity index (χ3v) is 8.21. The molecule has 3 heterocycles. The molecule has 0 radical (unpaired) electrons. The van der Waals surface area contributed by atoms with E-state index in [4.69, 9.17) is 4.74 Å². The second kappa shape index (κ2) is 15.7. The van der Waals surface area contributed by atoms with Crippen LogP contribution in [-0.4, -0.2) is 93.6 Å². The number of benzene rings is 1. The molecule has 0 saturated carbocycles. The zero-order valence-electron chi connectivity index (χ0n) is 27.2. The highest BCUT2D eigenvalue weighted by molar-refractivity contribution is 6.02. The van der Waals surface area contributed by atoms with Gasteiger partial charge < -0.3 is 30.9 Å². The van der Waals surface area contributed by atoms with E-state index in [0.717, 1.165) is 0 Å². The molecule has 14 heteroatoms. The number of anilines is 1. The summed E-state index contributed by atoms with van der Waals surface area (Å²) in [5.74, 6) is -2.16. The van der Waals surface area contributed by atoms with Gasteiger partial charge in [-0.3, -0.25) is 33.8 Å². The predicted octanol–water partition coefficient (Wildman–Crippen LogP) is 1.16. The van der Waals surface area contributed by atoms with Crippen molar-refractivity contribution in [2.24, 2.45) is 5.92 Å². The predicted molar refractivity (Wildman–Crippen MR) is 171 cm³/mol. The summed E-state index contributed by atoms with van der Waals surface area (Å²) in [6.45, 7) is 7.45. The minimum absolute atomic E-state index is 0.0708. The standard InChI is InChI=1S/C33H43N7O7/c1-20(2)7-12-24(29(43)33(4)19-47-33)38-30(44)25(39-32(46)27-6-5-15-40(27)28(42)18-36-21(3)41)16-22-8-10-23(11-9-22)37-31(45)26-17-34-13-14-35-26/h8-11,13-14,17,20,24-25,27H,5-7,12,15-16,18-19H2,1-4H3,(H,36,41)(H,37,45)(H,38,44)(H,39,46)/t24-,25-,27-,33+/m0/s1. The number of aromatic nitrogens is 2. The summed E-state index contributed by atoms with van der Waals surface area (Å²) in [5.41, 5.74) is 0.374. The van der Waals surface area contributed by atoms with Crippen molar-refractivity contribution in [3.63, 3.8) is 0 Å². The molecule has 47 heavy (non-hydrogen) atoms. The van der Waals surface area contributed by atoms with E-state index in [1.807, 2.05) is 13.8 Å². The molecule has 4 rings (SSSR count). The van der Waals surface area contributed by atoms with Crippen LogP contribution in [0.3, 0.4) is 0 Å². The molecule has 14 nitrogen and oxygen atoms in total. The van der Waals surface area contributed by atoms with Gasteiger partial charge in [-0.05, 0) is 56.2 Å². The monoisotopic (exact) mass is 649 g/mol. The van der Waals surface area contributed by atoms with Gasteiger partial charge in [0, 0.05) is 38.0 Å². The second-order valence-corrected chi connectivity index (χ2v) is 12.6. The van der Waals surface area contributed by atoms with Gasteiger partial charge in [-0.15, -0.1) is 0 Å². The lowest BCUT2D eigenvalue weighted by Crippen LogP contribution is -2.57. The van der Waals surface area contributed by atoms with Crippen LogP contribution in [-0.2, 0) is 35.1 Å². The summed E-state index contributed by atoms with van der Waals surface area (Å²) in [5, 5.41) is 10.9. The zero-order valence-corrected chi connectivity index (χ0v) is 27.2. The summed E-state index contributed by atoms with van der Waals surface area (Å²) in [4.78, 5) is 86.7. The van der Waals surface area contributed by atoms with E-state index in [1.165, 1.54) is 30.4 Å². The SMILES string of the molecule is CC(=O)NCC(=O)N1CCC[C@H]1C(=O)N[C@@H](Cc1ccc(NC(=O)c2cnccn2)cc1)C(=O)N[C@@H](CCC(C)C)C(=O)[C@@]1(C)CO1. The fourth-order valence-corrected chi connectivity index (χ4v) is 5.35. The maximum Gasteiger partial charge on any atom is 0.275 e. The molecular weight excluding hydrogens is 606 g/mol. The Morgan fingerprint density at radius 3 is 2.36 bits per heavy atom. The molecule has 2 aromatic rings. The van der Waals surface area contributed by atoms with Gasteiger partial charge in [0.2, 0.25) is 23.6 Å². The second-order valence-electron chi connectivity index (χ2n) is 12.6. The Bertz CT molecular complexity index is 1460. The Morgan fingerprint density at radius 1 is 1.02 bits per heavy atom. The van der Waals surface area contributed by atoms with Crippen molar-refractivity contribution in [1.82, 2.24) is 30.8 Å². The third-order valence-electron chi connectivity index (χ3n) is 8.21. The Labute approximate surface area is 273 Å². The minimum Gasteiger partial charge on any atom is -0.361 e. The van der Waals surface area contributed by atoms with Crippen LogP contribution in [0.5, 0.6) is 0 Å². The molecule has 5 amide bonds. The first-order chi connectivity index (χ1) is 22.4. The molecule has 2 aliphatic heterocycles. The van der Waals surface area contributed by atoms with Crippen LogP contribution in [0.1, 0.15) is 69.4 Å². The van der Waals surface area contributed by atoms with E-state index in [2.05, 4.69) is 31.2 Å². The maximum atomic E-state index is 13.9. The number of likely N-dealkylation sites (tertiary alicyclic amines) is 1. The molecule has 2 aliphatic rings. The summed E-state index contributed by atoms with van der Waals surface area (Å²) in [6, 6.07) is 4.06. The Hall–Kier alpha value is -4.72. The fraction of sp³-hybridized carbons (Fsp3) is 0.515. The van der Waals surface area contributed by atoms with Gasteiger partial charge in [-0.2, -0.15) is 0 Å². The number of carbonyl (C=O) groups excluding carboxylic acids is 6. The lowest BCUT2D eigenvalue weighted by Gasteiger charge is -2.28. The van der Waals surface area contributed by atoms with Gasteiger partial charge >= 0.3 is 0 Å². The molecule has 1 aromatic heterocycles. The molecule has 2 fully saturated rings. The normalized spacial score (nSPS) is 19.8. The highest BCUT2D eigenvalue weighted by atomic mass is 16.6. The van der Waals surface area contributed by atoms with Crippen LogP contribution >= 0.6 is 0 Å². The van der Waals surface area contributed by atoms with Crippen molar-refractivity contribution >= 4 is 41.0 Å². The highest BCUT2D eigenvalue weighted by Gasteiger charge is 2.50.